The van der Waals surface area contributed by atoms with Crippen LogP contribution in [0.2, 0.25) is 0 Å². The van der Waals surface area contributed by atoms with Gasteiger partial charge in [0.1, 0.15) is 5.82 Å². The van der Waals surface area contributed by atoms with Gasteiger partial charge in [0, 0.05) is 30.6 Å². The fourth-order valence-electron chi connectivity index (χ4n) is 3.01. The molecule has 0 spiro atoms. The molecule has 2 amide bonds. The van der Waals surface area contributed by atoms with Crippen LogP contribution in [-0.4, -0.2) is 40.4 Å². The SMILES string of the molecule is O=C1C[C@@H]2OCC[C@]2(C(=O)Nc2nc(C3CC3)ns2)CN1. The summed E-state index contributed by atoms with van der Waals surface area (Å²) in [6.07, 6.45) is 2.81. The Balaban J connectivity index is 1.51. The highest BCUT2D eigenvalue weighted by Gasteiger charge is 2.53. The largest absolute Gasteiger partial charge is 0.376 e. The number of nitrogens with zero attached hydrogens (tertiary/aromatic N) is 2. The Kier molecular flexibility index (Phi) is 2.97. The minimum absolute atomic E-state index is 0.0581. The molecule has 3 fully saturated rings. The summed E-state index contributed by atoms with van der Waals surface area (Å²) < 4.78 is 9.88. The molecular weight excluding hydrogens is 292 g/mol. The predicted molar refractivity (Wildman–Crippen MR) is 74.9 cm³/mol. The molecule has 2 saturated heterocycles. The number of carbonyl (C=O) groups excluding carboxylic acids is 2. The molecule has 4 rings (SSSR count). The zero-order valence-corrected chi connectivity index (χ0v) is 12.2. The Bertz CT molecular complexity index is 600. The Morgan fingerprint density at radius 1 is 1.48 bits per heavy atom. The smallest absolute Gasteiger partial charge is 0.236 e. The van der Waals surface area contributed by atoms with Crippen molar-refractivity contribution in [1.29, 1.82) is 0 Å². The number of rotatable bonds is 3. The van der Waals surface area contributed by atoms with E-state index in [1.165, 1.54) is 11.5 Å². The van der Waals surface area contributed by atoms with Crippen molar-refractivity contribution >= 4 is 28.5 Å². The lowest BCUT2D eigenvalue weighted by molar-refractivity contribution is -0.137. The van der Waals surface area contributed by atoms with E-state index >= 15 is 0 Å². The molecule has 21 heavy (non-hydrogen) atoms. The molecule has 0 aromatic carbocycles. The first-order valence-electron chi connectivity index (χ1n) is 7.21. The number of amides is 2. The molecule has 1 aromatic rings. The van der Waals surface area contributed by atoms with Crippen LogP contribution in [0, 0.1) is 5.41 Å². The number of ether oxygens (including phenoxy) is 1. The van der Waals surface area contributed by atoms with Crippen LogP contribution in [0.3, 0.4) is 0 Å². The van der Waals surface area contributed by atoms with E-state index in [0.717, 1.165) is 18.7 Å². The van der Waals surface area contributed by atoms with Crippen LogP contribution in [-0.2, 0) is 14.3 Å². The summed E-state index contributed by atoms with van der Waals surface area (Å²) in [6.45, 7) is 0.840. The van der Waals surface area contributed by atoms with E-state index in [4.69, 9.17) is 4.74 Å². The second kappa shape index (κ2) is 4.74. The van der Waals surface area contributed by atoms with Gasteiger partial charge >= 0.3 is 0 Å². The van der Waals surface area contributed by atoms with Crippen molar-refractivity contribution in [2.45, 2.75) is 37.7 Å². The number of anilines is 1. The molecule has 7 nitrogen and oxygen atoms in total. The highest BCUT2D eigenvalue weighted by molar-refractivity contribution is 7.09. The van der Waals surface area contributed by atoms with Gasteiger partial charge in [0.2, 0.25) is 16.9 Å². The normalized spacial score (nSPS) is 31.6. The molecular formula is C13H16N4O3S. The Labute approximate surface area is 125 Å². The molecule has 0 radical (unpaired) electrons. The van der Waals surface area contributed by atoms with Gasteiger partial charge in [0.25, 0.3) is 0 Å². The number of aromatic nitrogens is 2. The van der Waals surface area contributed by atoms with Gasteiger partial charge in [0.05, 0.1) is 17.9 Å². The van der Waals surface area contributed by atoms with Gasteiger partial charge in [-0.2, -0.15) is 4.37 Å². The van der Waals surface area contributed by atoms with Crippen molar-refractivity contribution < 1.29 is 14.3 Å². The molecule has 3 aliphatic rings. The number of fused-ring (bicyclic) bond motifs is 1. The van der Waals surface area contributed by atoms with Crippen LogP contribution in [0.15, 0.2) is 0 Å². The Morgan fingerprint density at radius 2 is 2.33 bits per heavy atom. The third-order valence-corrected chi connectivity index (χ3v) is 5.16. The van der Waals surface area contributed by atoms with Gasteiger partial charge in [-0.25, -0.2) is 4.98 Å². The molecule has 1 aromatic heterocycles. The van der Waals surface area contributed by atoms with Crippen molar-refractivity contribution in [1.82, 2.24) is 14.7 Å². The average molecular weight is 308 g/mol. The van der Waals surface area contributed by atoms with Crippen LogP contribution in [0.1, 0.15) is 37.4 Å². The van der Waals surface area contributed by atoms with Gasteiger partial charge in [-0.05, 0) is 19.3 Å². The molecule has 112 valence electrons. The molecule has 2 N–H and O–H groups in total. The topological polar surface area (TPSA) is 93.2 Å². The van der Waals surface area contributed by atoms with Crippen molar-refractivity contribution in [2.24, 2.45) is 5.41 Å². The van der Waals surface area contributed by atoms with Gasteiger partial charge in [-0.1, -0.05) is 0 Å². The third kappa shape index (κ3) is 2.22. The number of nitrogens with one attached hydrogen (secondary N) is 2. The highest BCUT2D eigenvalue weighted by Crippen LogP contribution is 2.41. The molecule has 2 atom stereocenters. The summed E-state index contributed by atoms with van der Waals surface area (Å²) in [5, 5.41) is 6.19. The number of hydrogen-bond acceptors (Lipinski definition) is 6. The summed E-state index contributed by atoms with van der Waals surface area (Å²) in [7, 11) is 0. The first-order valence-corrected chi connectivity index (χ1v) is 7.98. The average Bonchev–Trinajstić information content (AvgIpc) is 3.06. The van der Waals surface area contributed by atoms with E-state index in [1.54, 1.807) is 0 Å². The predicted octanol–water partition coefficient (Wildman–Crippen LogP) is 0.649. The van der Waals surface area contributed by atoms with Gasteiger partial charge in [-0.15, -0.1) is 0 Å². The van der Waals surface area contributed by atoms with Crippen molar-refractivity contribution in [3.05, 3.63) is 5.82 Å². The fraction of sp³-hybridized carbons (Fsp3) is 0.692. The molecule has 8 heteroatoms. The lowest BCUT2D eigenvalue weighted by Crippen LogP contribution is -2.56. The van der Waals surface area contributed by atoms with Crippen molar-refractivity contribution in [3.63, 3.8) is 0 Å². The minimum atomic E-state index is -0.667. The van der Waals surface area contributed by atoms with Crippen LogP contribution < -0.4 is 10.6 Å². The Hall–Kier alpha value is -1.54. The summed E-state index contributed by atoms with van der Waals surface area (Å²) >= 11 is 1.22. The minimum Gasteiger partial charge on any atom is -0.376 e. The van der Waals surface area contributed by atoms with Gasteiger partial charge < -0.3 is 15.4 Å². The summed E-state index contributed by atoms with van der Waals surface area (Å²) in [4.78, 5) is 28.5. The van der Waals surface area contributed by atoms with E-state index in [0.29, 0.717) is 30.6 Å². The standard InChI is InChI=1S/C13H16N4O3S/c18-9-5-8-13(6-14-9,3-4-20-8)11(19)16-12-15-10(17-21-12)7-1-2-7/h7-8H,1-6H2,(H,14,18)(H,15,16,17,19)/t8-,13-/m0/s1. The van der Waals surface area contributed by atoms with E-state index in [1.807, 2.05) is 0 Å². The van der Waals surface area contributed by atoms with E-state index in [9.17, 15) is 9.59 Å². The first kappa shape index (κ1) is 13.1. The maximum atomic E-state index is 12.7. The van der Waals surface area contributed by atoms with E-state index in [-0.39, 0.29) is 24.3 Å². The number of carbonyl (C=O) groups is 2. The quantitative estimate of drug-likeness (QED) is 0.855. The molecule has 1 aliphatic carbocycles. The second-order valence-electron chi connectivity index (χ2n) is 5.93. The summed E-state index contributed by atoms with van der Waals surface area (Å²) in [6, 6.07) is 0. The van der Waals surface area contributed by atoms with Gasteiger partial charge in [0.15, 0.2) is 0 Å². The maximum absolute atomic E-state index is 12.7. The van der Waals surface area contributed by atoms with Crippen LogP contribution in [0.5, 0.6) is 0 Å². The second-order valence-corrected chi connectivity index (χ2v) is 6.68. The summed E-state index contributed by atoms with van der Waals surface area (Å²) in [5.74, 6) is 1.13. The molecule has 3 heterocycles. The zero-order chi connectivity index (χ0) is 14.4. The van der Waals surface area contributed by atoms with E-state index < -0.39 is 5.41 Å². The monoisotopic (exact) mass is 308 g/mol. The Morgan fingerprint density at radius 3 is 3.14 bits per heavy atom. The van der Waals surface area contributed by atoms with Gasteiger partial charge in [-0.3, -0.25) is 9.59 Å². The molecule has 1 saturated carbocycles. The highest BCUT2D eigenvalue weighted by atomic mass is 32.1. The maximum Gasteiger partial charge on any atom is 0.236 e. The van der Waals surface area contributed by atoms with Crippen molar-refractivity contribution in [3.8, 4) is 0 Å². The lowest BCUT2D eigenvalue weighted by Gasteiger charge is -2.35. The number of hydrogen-bond donors (Lipinski definition) is 2. The molecule has 0 bridgehead atoms. The number of piperidine rings is 1. The van der Waals surface area contributed by atoms with Crippen LogP contribution in [0.25, 0.3) is 0 Å². The first-order chi connectivity index (χ1) is 10.2. The fourth-order valence-corrected chi connectivity index (χ4v) is 3.65. The van der Waals surface area contributed by atoms with Crippen LogP contribution >= 0.6 is 11.5 Å². The van der Waals surface area contributed by atoms with Crippen molar-refractivity contribution in [2.75, 3.05) is 18.5 Å². The molecule has 2 aliphatic heterocycles. The molecule has 0 unspecified atom stereocenters. The van der Waals surface area contributed by atoms with E-state index in [2.05, 4.69) is 20.0 Å². The lowest BCUT2D eigenvalue weighted by atomic mass is 9.76. The zero-order valence-electron chi connectivity index (χ0n) is 11.4. The summed E-state index contributed by atoms with van der Waals surface area (Å²) in [5.41, 5.74) is -0.667. The third-order valence-electron chi connectivity index (χ3n) is 4.51. The van der Waals surface area contributed by atoms with Crippen LogP contribution in [0.4, 0.5) is 5.13 Å².